The summed E-state index contributed by atoms with van der Waals surface area (Å²) in [6, 6.07) is 12.4. The number of aromatic nitrogens is 1. The molecule has 2 amide bonds. The van der Waals surface area contributed by atoms with Crippen LogP contribution in [0.3, 0.4) is 0 Å². The van der Waals surface area contributed by atoms with Gasteiger partial charge in [-0.2, -0.15) is 0 Å². The van der Waals surface area contributed by atoms with E-state index in [-0.39, 0.29) is 24.8 Å². The Bertz CT molecular complexity index is 1130. The number of rotatable bonds is 5. The second-order valence-electron chi connectivity index (χ2n) is 7.98. The van der Waals surface area contributed by atoms with Crippen LogP contribution in [0.5, 0.6) is 0 Å². The summed E-state index contributed by atoms with van der Waals surface area (Å²) in [5.74, 6) is -0.629. The van der Waals surface area contributed by atoms with Crippen LogP contribution in [0.1, 0.15) is 33.6 Å². The molecular weight excluding hydrogens is 446 g/mol. The average molecular weight is 470 g/mol. The molecule has 1 aromatic heterocycles. The molecule has 2 N–H and O–H groups in total. The zero-order valence-corrected chi connectivity index (χ0v) is 19.4. The molecule has 0 aliphatic carbocycles. The fraction of sp³-hybridized carbons (Fsp3) is 0.292. The summed E-state index contributed by atoms with van der Waals surface area (Å²) in [4.78, 5) is 32.9. The quantitative estimate of drug-likeness (QED) is 0.592. The highest BCUT2D eigenvalue weighted by molar-refractivity contribution is 7.13. The van der Waals surface area contributed by atoms with Gasteiger partial charge in [0.15, 0.2) is 0 Å². The molecule has 4 rings (SSSR count). The van der Waals surface area contributed by atoms with Gasteiger partial charge < -0.3 is 15.3 Å². The second kappa shape index (κ2) is 9.40. The number of aliphatic hydroxyl groups is 1. The molecule has 1 aliphatic heterocycles. The lowest BCUT2D eigenvalue weighted by Gasteiger charge is -2.25. The molecular formula is C24H24ClN3O3S. The Morgan fingerprint density at radius 3 is 2.62 bits per heavy atom. The minimum absolute atomic E-state index is 0.102. The number of nitrogens with one attached hydrogen (secondary N) is 1. The molecule has 6 nitrogen and oxygen atoms in total. The minimum Gasteiger partial charge on any atom is -0.391 e. The van der Waals surface area contributed by atoms with Crippen molar-refractivity contribution in [1.82, 2.24) is 15.2 Å². The number of halogens is 1. The van der Waals surface area contributed by atoms with Crippen molar-refractivity contribution in [3.8, 4) is 10.4 Å². The summed E-state index contributed by atoms with van der Waals surface area (Å²) in [5, 5.41) is 13.4. The van der Waals surface area contributed by atoms with Gasteiger partial charge in [0, 0.05) is 19.5 Å². The van der Waals surface area contributed by atoms with Crippen molar-refractivity contribution in [2.45, 2.75) is 39.0 Å². The van der Waals surface area contributed by atoms with E-state index in [4.69, 9.17) is 11.6 Å². The van der Waals surface area contributed by atoms with Crippen LogP contribution in [-0.4, -0.2) is 45.5 Å². The zero-order valence-electron chi connectivity index (χ0n) is 17.8. The van der Waals surface area contributed by atoms with Crippen LogP contribution in [0.15, 0.2) is 48.0 Å². The molecule has 2 unspecified atom stereocenters. The average Bonchev–Trinajstić information content (AvgIpc) is 3.37. The number of thiazole rings is 1. The summed E-state index contributed by atoms with van der Waals surface area (Å²) < 4.78 is 0. The van der Waals surface area contributed by atoms with E-state index in [0.717, 1.165) is 27.3 Å². The number of hydrogen-bond donors (Lipinski definition) is 2. The summed E-state index contributed by atoms with van der Waals surface area (Å²) in [6.45, 7) is 4.22. The van der Waals surface area contributed by atoms with Crippen molar-refractivity contribution in [3.63, 3.8) is 0 Å². The van der Waals surface area contributed by atoms with Gasteiger partial charge in [0.1, 0.15) is 6.04 Å². The van der Waals surface area contributed by atoms with Gasteiger partial charge in [-0.05, 0) is 36.6 Å². The highest BCUT2D eigenvalue weighted by Gasteiger charge is 2.39. The maximum atomic E-state index is 13.1. The topological polar surface area (TPSA) is 82.5 Å². The fourth-order valence-electron chi connectivity index (χ4n) is 3.99. The van der Waals surface area contributed by atoms with Crippen molar-refractivity contribution >= 4 is 34.8 Å². The molecule has 3 aromatic rings. The summed E-state index contributed by atoms with van der Waals surface area (Å²) >= 11 is 7.85. The first-order valence-electron chi connectivity index (χ1n) is 10.4. The van der Waals surface area contributed by atoms with Crippen LogP contribution in [0, 0.1) is 13.8 Å². The van der Waals surface area contributed by atoms with E-state index >= 15 is 0 Å². The fourth-order valence-corrected chi connectivity index (χ4v) is 5.11. The van der Waals surface area contributed by atoms with Crippen LogP contribution >= 0.6 is 22.9 Å². The van der Waals surface area contributed by atoms with Gasteiger partial charge >= 0.3 is 0 Å². The molecule has 0 bridgehead atoms. The first-order valence-corrected chi connectivity index (χ1v) is 11.6. The van der Waals surface area contributed by atoms with Crippen LogP contribution < -0.4 is 5.32 Å². The van der Waals surface area contributed by atoms with Crippen LogP contribution in [0.2, 0.25) is 5.02 Å². The largest absolute Gasteiger partial charge is 0.391 e. The van der Waals surface area contributed by atoms with E-state index in [0.29, 0.717) is 17.1 Å². The van der Waals surface area contributed by atoms with Gasteiger partial charge in [-0.3, -0.25) is 9.59 Å². The van der Waals surface area contributed by atoms with Crippen LogP contribution in [0.25, 0.3) is 10.4 Å². The maximum absolute atomic E-state index is 13.1. The van der Waals surface area contributed by atoms with E-state index in [2.05, 4.69) is 10.3 Å². The van der Waals surface area contributed by atoms with Gasteiger partial charge in [0.25, 0.3) is 5.91 Å². The van der Waals surface area contributed by atoms with Crippen molar-refractivity contribution in [1.29, 1.82) is 0 Å². The van der Waals surface area contributed by atoms with E-state index in [1.54, 1.807) is 36.5 Å². The van der Waals surface area contributed by atoms with E-state index in [1.807, 2.05) is 36.7 Å². The van der Waals surface area contributed by atoms with Crippen molar-refractivity contribution in [3.05, 3.63) is 75.4 Å². The highest BCUT2D eigenvalue weighted by atomic mass is 35.5. The van der Waals surface area contributed by atoms with Crippen molar-refractivity contribution < 1.29 is 14.7 Å². The predicted octanol–water partition coefficient (Wildman–Crippen LogP) is 3.97. The Morgan fingerprint density at radius 1 is 1.22 bits per heavy atom. The Labute approximate surface area is 195 Å². The number of hydrogen-bond acceptors (Lipinski definition) is 5. The molecule has 1 aliphatic rings. The second-order valence-corrected chi connectivity index (χ2v) is 9.24. The number of benzene rings is 2. The van der Waals surface area contributed by atoms with E-state index in [9.17, 15) is 14.7 Å². The lowest BCUT2D eigenvalue weighted by Crippen LogP contribution is -2.46. The third kappa shape index (κ3) is 4.55. The Morgan fingerprint density at radius 2 is 1.97 bits per heavy atom. The van der Waals surface area contributed by atoms with Crippen molar-refractivity contribution in [2.24, 2.45) is 0 Å². The summed E-state index contributed by atoms with van der Waals surface area (Å²) in [5.41, 5.74) is 5.96. The zero-order chi connectivity index (χ0) is 22.8. The minimum atomic E-state index is -0.751. The molecule has 0 spiro atoms. The number of carbonyl (C=O) groups is 2. The molecule has 2 atom stereocenters. The van der Waals surface area contributed by atoms with Crippen LogP contribution in [-0.2, 0) is 11.3 Å². The highest BCUT2D eigenvalue weighted by Crippen LogP contribution is 2.28. The molecule has 2 aromatic carbocycles. The molecule has 166 valence electrons. The number of likely N-dealkylation sites (tertiary alicyclic amines) is 1. The third-order valence-electron chi connectivity index (χ3n) is 5.71. The number of nitrogens with zero attached hydrogens (tertiary/aromatic N) is 2. The van der Waals surface area contributed by atoms with Gasteiger partial charge in [-0.15, -0.1) is 11.3 Å². The predicted molar refractivity (Wildman–Crippen MR) is 126 cm³/mol. The van der Waals surface area contributed by atoms with Gasteiger partial charge in [0.05, 0.1) is 32.8 Å². The SMILES string of the molecule is Cc1cccc(Cl)c1C(=O)N1CC(O)CC1C(=O)NCc1ccc(-c2scnc2C)cc1. The maximum Gasteiger partial charge on any atom is 0.256 e. The molecule has 1 saturated heterocycles. The molecule has 1 fully saturated rings. The molecule has 8 heteroatoms. The smallest absolute Gasteiger partial charge is 0.256 e. The first kappa shape index (κ1) is 22.5. The Hall–Kier alpha value is -2.74. The van der Waals surface area contributed by atoms with Crippen LogP contribution in [0.4, 0.5) is 0 Å². The lowest BCUT2D eigenvalue weighted by atomic mass is 10.1. The number of aryl methyl sites for hydroxylation is 2. The monoisotopic (exact) mass is 469 g/mol. The van der Waals surface area contributed by atoms with E-state index < -0.39 is 12.1 Å². The number of aliphatic hydroxyl groups excluding tert-OH is 1. The standard InChI is InChI=1S/C24H24ClN3O3S/c1-14-4-3-5-19(25)21(14)24(31)28-12-18(29)10-20(28)23(30)26-11-16-6-8-17(9-7-16)22-15(2)27-13-32-22/h3-9,13,18,20,29H,10-12H2,1-2H3,(H,26,30). The number of carbonyl (C=O) groups excluding carboxylic acids is 2. The lowest BCUT2D eigenvalue weighted by molar-refractivity contribution is -0.125. The summed E-state index contributed by atoms with van der Waals surface area (Å²) in [6.07, 6.45) is -0.551. The van der Waals surface area contributed by atoms with Gasteiger partial charge in [-0.25, -0.2) is 4.98 Å². The Kier molecular flexibility index (Phi) is 6.60. The van der Waals surface area contributed by atoms with Gasteiger partial charge in [0.2, 0.25) is 5.91 Å². The Balaban J connectivity index is 1.44. The number of amides is 2. The number of β-amino-alcohol motifs (C(OH)–C–C–N with tert-alkyl or cyclic N) is 1. The molecule has 0 saturated carbocycles. The molecule has 0 radical (unpaired) electrons. The first-order chi connectivity index (χ1) is 15.3. The van der Waals surface area contributed by atoms with Crippen molar-refractivity contribution in [2.75, 3.05) is 6.54 Å². The van der Waals surface area contributed by atoms with Gasteiger partial charge in [-0.1, -0.05) is 48.0 Å². The van der Waals surface area contributed by atoms with E-state index in [1.165, 1.54) is 4.90 Å². The normalized spacial score (nSPS) is 18.1. The third-order valence-corrected chi connectivity index (χ3v) is 7.00. The summed E-state index contributed by atoms with van der Waals surface area (Å²) in [7, 11) is 0. The molecule has 2 heterocycles. The molecule has 32 heavy (non-hydrogen) atoms.